The predicted octanol–water partition coefficient (Wildman–Crippen LogP) is 2.56. The molecule has 0 saturated heterocycles. The van der Waals surface area contributed by atoms with Gasteiger partial charge in [0.15, 0.2) is 0 Å². The van der Waals surface area contributed by atoms with Gasteiger partial charge in [-0.3, -0.25) is 16.0 Å². The van der Waals surface area contributed by atoms with Crippen LogP contribution >= 0.6 is 15.9 Å². The highest BCUT2D eigenvalue weighted by Crippen LogP contribution is 2.30. The van der Waals surface area contributed by atoms with E-state index in [1.165, 1.54) is 5.69 Å². The Labute approximate surface area is 118 Å². The van der Waals surface area contributed by atoms with Crippen molar-refractivity contribution in [3.05, 3.63) is 15.9 Å². The van der Waals surface area contributed by atoms with Crippen LogP contribution in [-0.4, -0.2) is 15.8 Å². The number of hydrogen-bond donors (Lipinski definition) is 2. The van der Waals surface area contributed by atoms with Crippen LogP contribution < -0.4 is 11.3 Å². The van der Waals surface area contributed by atoms with Gasteiger partial charge in [0, 0.05) is 19.5 Å². The zero-order valence-electron chi connectivity index (χ0n) is 12.0. The summed E-state index contributed by atoms with van der Waals surface area (Å²) in [6.45, 7) is 8.79. The summed E-state index contributed by atoms with van der Waals surface area (Å²) in [5.74, 6) is 5.73. The summed E-state index contributed by atoms with van der Waals surface area (Å²) in [7, 11) is 1.99. The number of rotatable bonds is 6. The molecule has 1 aromatic rings. The van der Waals surface area contributed by atoms with Crippen LogP contribution in [0.1, 0.15) is 45.5 Å². The monoisotopic (exact) mass is 316 g/mol. The van der Waals surface area contributed by atoms with Crippen molar-refractivity contribution in [3.63, 3.8) is 0 Å². The molecule has 0 aromatic carbocycles. The molecule has 0 aliphatic heterocycles. The van der Waals surface area contributed by atoms with Crippen molar-refractivity contribution in [2.24, 2.45) is 18.3 Å². The van der Waals surface area contributed by atoms with E-state index in [0.717, 1.165) is 29.4 Å². The van der Waals surface area contributed by atoms with E-state index in [1.807, 2.05) is 11.7 Å². The summed E-state index contributed by atoms with van der Waals surface area (Å²) < 4.78 is 3.08. The normalized spacial score (nSPS) is 13.9. The molecular formula is C13H25BrN4. The molecule has 0 aliphatic carbocycles. The molecule has 1 rings (SSSR count). The van der Waals surface area contributed by atoms with Gasteiger partial charge in [0.05, 0.1) is 15.9 Å². The van der Waals surface area contributed by atoms with Crippen molar-refractivity contribution in [3.8, 4) is 0 Å². The van der Waals surface area contributed by atoms with Gasteiger partial charge >= 0.3 is 0 Å². The number of aryl methyl sites for hydroxylation is 2. The van der Waals surface area contributed by atoms with E-state index in [2.05, 4.69) is 54.1 Å². The minimum absolute atomic E-state index is 0.158. The van der Waals surface area contributed by atoms with Gasteiger partial charge in [-0.2, -0.15) is 5.10 Å². The third kappa shape index (κ3) is 3.13. The summed E-state index contributed by atoms with van der Waals surface area (Å²) in [4.78, 5) is 0. The summed E-state index contributed by atoms with van der Waals surface area (Å²) in [6, 6.07) is 0.235. The number of nitrogens with two attached hydrogens (primary N) is 1. The largest absolute Gasteiger partial charge is 0.271 e. The van der Waals surface area contributed by atoms with E-state index in [9.17, 15) is 0 Å². The van der Waals surface area contributed by atoms with E-state index in [1.54, 1.807) is 0 Å². The molecular weight excluding hydrogens is 292 g/mol. The number of aromatic nitrogens is 2. The fraction of sp³-hybridized carbons (Fsp3) is 0.769. The molecule has 0 bridgehead atoms. The Morgan fingerprint density at radius 3 is 2.44 bits per heavy atom. The van der Waals surface area contributed by atoms with Gasteiger partial charge in [-0.05, 0) is 34.2 Å². The van der Waals surface area contributed by atoms with Gasteiger partial charge in [-0.15, -0.1) is 0 Å². The van der Waals surface area contributed by atoms with Gasteiger partial charge < -0.3 is 0 Å². The average Bonchev–Trinajstić information content (AvgIpc) is 2.61. The van der Waals surface area contributed by atoms with Crippen LogP contribution in [0.15, 0.2) is 4.47 Å². The van der Waals surface area contributed by atoms with Crippen LogP contribution in [0.3, 0.4) is 0 Å². The number of hydrogen-bond acceptors (Lipinski definition) is 3. The summed E-state index contributed by atoms with van der Waals surface area (Å²) in [5, 5.41) is 4.53. The molecule has 0 spiro atoms. The number of halogens is 1. The first-order chi connectivity index (χ1) is 8.37. The first-order valence-electron chi connectivity index (χ1n) is 6.53. The van der Waals surface area contributed by atoms with Crippen LogP contribution in [0.4, 0.5) is 0 Å². The smallest absolute Gasteiger partial charge is 0.0766 e. The van der Waals surface area contributed by atoms with E-state index >= 15 is 0 Å². The third-order valence-electron chi connectivity index (χ3n) is 3.96. The Bertz CT molecular complexity index is 398. The molecule has 1 unspecified atom stereocenters. The average molecular weight is 317 g/mol. The molecule has 104 valence electrons. The molecule has 3 N–H and O–H groups in total. The van der Waals surface area contributed by atoms with E-state index < -0.39 is 0 Å². The van der Waals surface area contributed by atoms with Gasteiger partial charge in [0.25, 0.3) is 0 Å². The molecule has 0 saturated carbocycles. The van der Waals surface area contributed by atoms with Crippen LogP contribution in [0, 0.1) is 5.41 Å². The highest BCUT2D eigenvalue weighted by Gasteiger charge is 2.29. The quantitative estimate of drug-likeness (QED) is 0.626. The van der Waals surface area contributed by atoms with E-state index in [-0.39, 0.29) is 11.5 Å². The predicted molar refractivity (Wildman–Crippen MR) is 79.2 cm³/mol. The maximum atomic E-state index is 5.73. The first-order valence-corrected chi connectivity index (χ1v) is 7.33. The molecule has 18 heavy (non-hydrogen) atoms. The number of hydrazine groups is 1. The molecule has 5 heteroatoms. The molecule has 1 heterocycles. The molecule has 1 aromatic heterocycles. The van der Waals surface area contributed by atoms with Crippen LogP contribution in [0.25, 0.3) is 0 Å². The molecule has 0 amide bonds. The maximum Gasteiger partial charge on any atom is 0.0766 e. The molecule has 4 nitrogen and oxygen atoms in total. The second-order valence-corrected chi connectivity index (χ2v) is 6.24. The van der Waals surface area contributed by atoms with Crippen LogP contribution in [-0.2, 0) is 19.9 Å². The second kappa shape index (κ2) is 6.17. The minimum Gasteiger partial charge on any atom is -0.271 e. The van der Waals surface area contributed by atoms with Gasteiger partial charge in [0.1, 0.15) is 0 Å². The lowest BCUT2D eigenvalue weighted by molar-refractivity contribution is 0.229. The zero-order valence-corrected chi connectivity index (χ0v) is 13.6. The van der Waals surface area contributed by atoms with Crippen molar-refractivity contribution in [1.82, 2.24) is 15.2 Å². The number of nitrogens with zero attached hydrogens (tertiary/aromatic N) is 2. The standard InChI is InChI=1S/C13H25BrN4/c1-6-9-12(14)10(18(5)17-9)8-11(16-15)13(3,4)7-2/h11,16H,6-8,15H2,1-5H3. The summed E-state index contributed by atoms with van der Waals surface area (Å²) >= 11 is 3.66. The lowest BCUT2D eigenvalue weighted by atomic mass is 9.80. The maximum absolute atomic E-state index is 5.73. The fourth-order valence-corrected chi connectivity index (χ4v) is 2.82. The van der Waals surface area contributed by atoms with Gasteiger partial charge in [0.2, 0.25) is 0 Å². The Hall–Kier alpha value is -0.390. The Balaban J connectivity index is 2.99. The third-order valence-corrected chi connectivity index (χ3v) is 4.87. The van der Waals surface area contributed by atoms with Gasteiger partial charge in [-0.25, -0.2) is 0 Å². The van der Waals surface area contributed by atoms with Crippen LogP contribution in [0.2, 0.25) is 0 Å². The topological polar surface area (TPSA) is 55.9 Å². The molecule has 1 atom stereocenters. The fourth-order valence-electron chi connectivity index (χ4n) is 2.04. The van der Waals surface area contributed by atoms with Crippen molar-refractivity contribution >= 4 is 15.9 Å². The first kappa shape index (κ1) is 15.7. The van der Waals surface area contributed by atoms with Crippen LogP contribution in [0.5, 0.6) is 0 Å². The summed E-state index contributed by atoms with van der Waals surface area (Å²) in [5.41, 5.74) is 5.43. The second-order valence-electron chi connectivity index (χ2n) is 5.45. The lowest BCUT2D eigenvalue weighted by Gasteiger charge is -2.33. The molecule has 0 aliphatic rings. The Morgan fingerprint density at radius 2 is 2.06 bits per heavy atom. The Kier molecular flexibility index (Phi) is 5.37. The van der Waals surface area contributed by atoms with Gasteiger partial charge in [-0.1, -0.05) is 27.7 Å². The SMILES string of the molecule is CCc1nn(C)c(CC(NN)C(C)(C)CC)c1Br. The highest BCUT2D eigenvalue weighted by atomic mass is 79.9. The van der Waals surface area contributed by atoms with E-state index in [4.69, 9.17) is 5.84 Å². The highest BCUT2D eigenvalue weighted by molar-refractivity contribution is 9.10. The lowest BCUT2D eigenvalue weighted by Crippen LogP contribution is -2.47. The number of nitrogens with one attached hydrogen (secondary N) is 1. The molecule has 0 fully saturated rings. The molecule has 0 radical (unpaired) electrons. The van der Waals surface area contributed by atoms with Crippen molar-refractivity contribution < 1.29 is 0 Å². The van der Waals surface area contributed by atoms with Crippen molar-refractivity contribution in [2.45, 2.75) is 53.0 Å². The zero-order chi connectivity index (χ0) is 13.9. The summed E-state index contributed by atoms with van der Waals surface area (Å²) in [6.07, 6.45) is 2.89. The van der Waals surface area contributed by atoms with E-state index in [0.29, 0.717) is 0 Å². The van der Waals surface area contributed by atoms with Crippen molar-refractivity contribution in [2.75, 3.05) is 0 Å². The Morgan fingerprint density at radius 1 is 1.44 bits per heavy atom. The van der Waals surface area contributed by atoms with Crippen molar-refractivity contribution in [1.29, 1.82) is 0 Å². The minimum atomic E-state index is 0.158.